The molecule has 50 heavy (non-hydrogen) atoms. The summed E-state index contributed by atoms with van der Waals surface area (Å²) in [6.07, 6.45) is 6.80. The fourth-order valence-electron chi connectivity index (χ4n) is 5.96. The molecule has 2 N–H and O–H groups in total. The maximum Gasteiger partial charge on any atom is 0.534 e. The Morgan fingerprint density at radius 3 is 2.22 bits per heavy atom. The van der Waals surface area contributed by atoms with E-state index in [2.05, 4.69) is 33.0 Å². The first-order valence-electron chi connectivity index (χ1n) is 15.6. The van der Waals surface area contributed by atoms with E-state index in [9.17, 15) is 26.4 Å². The van der Waals surface area contributed by atoms with Gasteiger partial charge in [-0.05, 0) is 88.1 Å². The van der Waals surface area contributed by atoms with Gasteiger partial charge in [-0.2, -0.15) is 21.6 Å². The number of ether oxygens (including phenoxy) is 1. The molecule has 3 heterocycles. The molecule has 4 aromatic rings. The summed E-state index contributed by atoms with van der Waals surface area (Å²) in [4.78, 5) is 22.4. The van der Waals surface area contributed by atoms with E-state index in [0.717, 1.165) is 42.5 Å². The van der Waals surface area contributed by atoms with Gasteiger partial charge in [-0.15, -0.1) is 0 Å². The number of amides is 1. The zero-order valence-electron chi connectivity index (χ0n) is 27.5. The summed E-state index contributed by atoms with van der Waals surface area (Å²) in [6.45, 7) is 13.4. The maximum absolute atomic E-state index is 13.0. The van der Waals surface area contributed by atoms with Gasteiger partial charge in [-0.1, -0.05) is 43.5 Å². The summed E-state index contributed by atoms with van der Waals surface area (Å²) in [5.74, 6) is 0.476. The first-order valence-corrected chi connectivity index (χ1v) is 17.0. The largest absolute Gasteiger partial charge is 0.534 e. The Morgan fingerprint density at radius 2 is 1.66 bits per heavy atom. The summed E-state index contributed by atoms with van der Waals surface area (Å²) in [5, 5.41) is 6.38. The number of carbonyl (C=O) groups is 1. The SMILES string of the molecule is C=CC1=C(C=C)c2nc(-c3ccc(OS(=O)(=O)C(F)(F)F)cc3)c(-c3ccc(C4(NC(=O)OC(C)(C)C)CCC4)cc3)n2-c2cccnc2N1. The second kappa shape index (κ2) is 12.5. The zero-order valence-corrected chi connectivity index (χ0v) is 28.3. The Bertz CT molecular complexity index is 2130. The highest BCUT2D eigenvalue weighted by Gasteiger charge is 2.48. The molecule has 0 atom stereocenters. The lowest BCUT2D eigenvalue weighted by atomic mass is 9.71. The van der Waals surface area contributed by atoms with Crippen molar-refractivity contribution in [2.75, 3.05) is 5.32 Å². The maximum atomic E-state index is 13.0. The summed E-state index contributed by atoms with van der Waals surface area (Å²) in [5.41, 5.74) is -1.87. The monoisotopic (exact) mass is 705 g/mol. The van der Waals surface area contributed by atoms with Gasteiger partial charge in [0.05, 0.1) is 28.3 Å². The van der Waals surface area contributed by atoms with Crippen molar-refractivity contribution in [2.24, 2.45) is 0 Å². The van der Waals surface area contributed by atoms with Gasteiger partial charge in [0.1, 0.15) is 17.2 Å². The molecule has 1 fully saturated rings. The van der Waals surface area contributed by atoms with Crippen LogP contribution in [0.15, 0.2) is 97.9 Å². The number of pyridine rings is 1. The minimum atomic E-state index is -5.86. The van der Waals surface area contributed by atoms with E-state index in [1.165, 1.54) is 12.1 Å². The number of benzene rings is 2. The summed E-state index contributed by atoms with van der Waals surface area (Å²) >= 11 is 0. The molecule has 14 heteroatoms. The first kappa shape index (κ1) is 34.5. The third-order valence-electron chi connectivity index (χ3n) is 8.37. The van der Waals surface area contributed by atoms with Crippen LogP contribution in [0.25, 0.3) is 33.8 Å². The highest BCUT2D eigenvalue weighted by molar-refractivity contribution is 7.88. The number of alkyl halides is 3. The lowest BCUT2D eigenvalue weighted by molar-refractivity contribution is -0.0500. The van der Waals surface area contributed by atoms with Crippen LogP contribution >= 0.6 is 0 Å². The number of aromatic nitrogens is 3. The number of hydrogen-bond acceptors (Lipinski definition) is 8. The van der Waals surface area contributed by atoms with E-state index < -0.39 is 38.6 Å². The number of rotatable bonds is 8. The smallest absolute Gasteiger partial charge is 0.444 e. The number of hydrogen-bond donors (Lipinski definition) is 2. The Labute approximate surface area is 287 Å². The van der Waals surface area contributed by atoms with E-state index in [1.54, 1.807) is 45.2 Å². The van der Waals surface area contributed by atoms with Gasteiger partial charge in [-0.3, -0.25) is 4.57 Å². The average molecular weight is 706 g/mol. The number of carbonyl (C=O) groups excluding carboxylic acids is 1. The van der Waals surface area contributed by atoms with Gasteiger partial charge in [0.15, 0.2) is 5.82 Å². The Hall–Kier alpha value is -5.37. The molecule has 0 radical (unpaired) electrons. The molecule has 0 spiro atoms. The van der Waals surface area contributed by atoms with E-state index in [4.69, 9.17) is 9.72 Å². The second-order valence-corrected chi connectivity index (χ2v) is 14.4. The topological polar surface area (TPSA) is 124 Å². The summed E-state index contributed by atoms with van der Waals surface area (Å²) in [7, 11) is -5.86. The Balaban J connectivity index is 1.50. The van der Waals surface area contributed by atoms with Crippen molar-refractivity contribution in [3.05, 3.63) is 109 Å². The average Bonchev–Trinajstić information content (AvgIpc) is 3.35. The van der Waals surface area contributed by atoms with Gasteiger partial charge in [0, 0.05) is 22.9 Å². The molecule has 0 saturated heterocycles. The van der Waals surface area contributed by atoms with Crippen LogP contribution in [0.1, 0.15) is 51.4 Å². The van der Waals surface area contributed by atoms with Crippen LogP contribution < -0.4 is 14.8 Å². The third-order valence-corrected chi connectivity index (χ3v) is 9.35. The van der Waals surface area contributed by atoms with Crippen LogP contribution in [0.4, 0.5) is 23.8 Å². The number of anilines is 1. The number of alkyl carbamates (subject to hydrolysis) is 1. The number of allylic oxidation sites excluding steroid dienone is 3. The standard InChI is InChI=1S/C36H34F3N5O5S/c1-6-26-27(7-2)41-31-28(10-8-21-40-31)44-30(23-11-15-24(16-12-23)35(19-9-20-35)43-33(45)48-34(3,4)5)29(42-32(26)44)22-13-17-25(18-14-22)49-50(46,47)36(37,38)39/h6-8,10-18,21H,1-2,9,19-20H2,3-5H3,(H,40,41)(H,43,45). The quantitative estimate of drug-likeness (QED) is 0.139. The predicted octanol–water partition coefficient (Wildman–Crippen LogP) is 8.24. The molecule has 0 bridgehead atoms. The number of nitrogens with zero attached hydrogens (tertiary/aromatic N) is 3. The van der Waals surface area contributed by atoms with E-state index >= 15 is 0 Å². The van der Waals surface area contributed by atoms with Crippen molar-refractivity contribution in [3.63, 3.8) is 0 Å². The number of halogens is 3. The zero-order chi connectivity index (χ0) is 36.1. The Kier molecular flexibility index (Phi) is 8.63. The minimum absolute atomic E-state index is 0.433. The molecule has 2 aliphatic rings. The van der Waals surface area contributed by atoms with Gasteiger partial charge >= 0.3 is 21.7 Å². The van der Waals surface area contributed by atoms with Crippen molar-refractivity contribution in [1.82, 2.24) is 19.9 Å². The molecule has 2 aromatic carbocycles. The van der Waals surface area contributed by atoms with Crippen LogP contribution in [-0.2, 0) is 20.4 Å². The minimum Gasteiger partial charge on any atom is -0.444 e. The molecule has 1 aliphatic carbocycles. The van der Waals surface area contributed by atoms with Crippen molar-refractivity contribution in [3.8, 4) is 34.0 Å². The molecule has 1 aliphatic heterocycles. The molecule has 6 rings (SSSR count). The number of nitrogens with one attached hydrogen (secondary N) is 2. The molecule has 1 saturated carbocycles. The van der Waals surface area contributed by atoms with Gasteiger partial charge in [-0.25, -0.2) is 14.8 Å². The molecule has 0 unspecified atom stereocenters. The lowest BCUT2D eigenvalue weighted by Crippen LogP contribution is -2.52. The molecular formula is C36H34F3N5O5S. The molecule has 260 valence electrons. The molecule has 10 nitrogen and oxygen atoms in total. The van der Waals surface area contributed by atoms with Crippen molar-refractivity contribution in [2.45, 2.75) is 56.7 Å². The van der Waals surface area contributed by atoms with Crippen molar-refractivity contribution < 1.29 is 35.3 Å². The van der Waals surface area contributed by atoms with E-state index in [0.29, 0.717) is 45.6 Å². The van der Waals surface area contributed by atoms with E-state index in [1.807, 2.05) is 34.9 Å². The van der Waals surface area contributed by atoms with Gasteiger partial charge in [0.2, 0.25) is 0 Å². The number of fused-ring (bicyclic) bond motifs is 3. The summed E-state index contributed by atoms with van der Waals surface area (Å²) < 4.78 is 74.0. The van der Waals surface area contributed by atoms with E-state index in [-0.39, 0.29) is 0 Å². The number of imidazole rings is 1. The van der Waals surface area contributed by atoms with Crippen LogP contribution in [0.5, 0.6) is 5.75 Å². The molecule has 1 amide bonds. The first-order chi connectivity index (χ1) is 23.6. The van der Waals surface area contributed by atoms with Crippen LogP contribution in [-0.4, -0.2) is 40.2 Å². The van der Waals surface area contributed by atoms with Crippen LogP contribution in [0, 0.1) is 0 Å². The lowest BCUT2D eigenvalue weighted by Gasteiger charge is -2.43. The van der Waals surface area contributed by atoms with Crippen molar-refractivity contribution in [1.29, 1.82) is 0 Å². The Morgan fingerprint density at radius 1 is 1.00 bits per heavy atom. The second-order valence-electron chi connectivity index (χ2n) is 12.8. The van der Waals surface area contributed by atoms with Crippen LogP contribution in [0.3, 0.4) is 0 Å². The summed E-state index contributed by atoms with van der Waals surface area (Å²) in [6, 6.07) is 16.5. The molecular weight excluding hydrogens is 671 g/mol. The fraction of sp³-hybridized carbons (Fsp3) is 0.250. The third kappa shape index (κ3) is 6.38. The predicted molar refractivity (Wildman–Crippen MR) is 184 cm³/mol. The molecule has 2 aromatic heterocycles. The highest BCUT2D eigenvalue weighted by atomic mass is 32.2. The fourth-order valence-corrected chi connectivity index (χ4v) is 6.42. The van der Waals surface area contributed by atoms with Gasteiger partial charge < -0.3 is 19.6 Å². The normalized spacial score (nSPS) is 15.4. The van der Waals surface area contributed by atoms with Crippen molar-refractivity contribution >= 4 is 27.6 Å². The van der Waals surface area contributed by atoms with Crippen LogP contribution in [0.2, 0.25) is 0 Å². The highest BCUT2D eigenvalue weighted by Crippen LogP contribution is 2.45. The van der Waals surface area contributed by atoms with Gasteiger partial charge in [0.25, 0.3) is 0 Å².